The van der Waals surface area contributed by atoms with Crippen molar-refractivity contribution < 1.29 is 22.9 Å². The number of anilines is 1. The fraction of sp³-hybridized carbons (Fsp3) is 0.0769. The average Bonchev–Trinajstić information content (AvgIpc) is 2.37. The van der Waals surface area contributed by atoms with Gasteiger partial charge in [-0.15, -0.1) is 0 Å². The maximum absolute atomic E-state index is 11.9. The van der Waals surface area contributed by atoms with E-state index in [0.717, 1.165) is 0 Å². The molecule has 4 N–H and O–H groups in total. The van der Waals surface area contributed by atoms with Crippen molar-refractivity contribution in [3.05, 3.63) is 48.8 Å². The van der Waals surface area contributed by atoms with Crippen LogP contribution in [0.3, 0.4) is 0 Å². The standard InChI is InChI=1S/C13H13N3O4S/c14-21(19,20)12-5-1-3-10(7-12)15-13(18)9-16-6-2-4-11(17)8-16/h1-8H,9H2,(H3-,14,15,17,18,19,20)/p+1. The van der Waals surface area contributed by atoms with Crippen LogP contribution in [0.1, 0.15) is 0 Å². The highest BCUT2D eigenvalue weighted by Crippen LogP contribution is 2.13. The van der Waals surface area contributed by atoms with Crippen molar-refractivity contribution in [2.75, 3.05) is 5.32 Å². The van der Waals surface area contributed by atoms with Crippen LogP contribution < -0.4 is 15.0 Å². The maximum Gasteiger partial charge on any atom is 0.290 e. The third kappa shape index (κ3) is 4.26. The molecule has 2 rings (SSSR count). The molecule has 0 radical (unpaired) electrons. The zero-order chi connectivity index (χ0) is 15.5. The van der Waals surface area contributed by atoms with Crippen molar-refractivity contribution in [3.8, 4) is 5.75 Å². The summed E-state index contributed by atoms with van der Waals surface area (Å²) in [6.45, 7) is -0.0198. The summed E-state index contributed by atoms with van der Waals surface area (Å²) in [4.78, 5) is 11.8. The van der Waals surface area contributed by atoms with Gasteiger partial charge in [0.25, 0.3) is 5.91 Å². The molecule has 1 aromatic carbocycles. The quantitative estimate of drug-likeness (QED) is 0.688. The molecule has 0 unspecified atom stereocenters. The number of nitrogens with zero attached hydrogens (tertiary/aromatic N) is 1. The third-order valence-corrected chi connectivity index (χ3v) is 3.53. The largest absolute Gasteiger partial charge is 0.503 e. The Balaban J connectivity index is 2.10. The molecular formula is C13H14N3O4S+. The summed E-state index contributed by atoms with van der Waals surface area (Å²) < 4.78 is 24.0. The number of nitrogens with one attached hydrogen (secondary N) is 1. The molecule has 8 heteroatoms. The molecule has 2 aromatic rings. The maximum atomic E-state index is 11.9. The van der Waals surface area contributed by atoms with E-state index in [-0.39, 0.29) is 23.1 Å². The van der Waals surface area contributed by atoms with E-state index >= 15 is 0 Å². The van der Waals surface area contributed by atoms with Crippen molar-refractivity contribution in [3.63, 3.8) is 0 Å². The lowest BCUT2D eigenvalue weighted by atomic mass is 10.3. The molecular weight excluding hydrogens is 294 g/mol. The number of aromatic hydroxyl groups is 1. The van der Waals surface area contributed by atoms with E-state index < -0.39 is 10.0 Å². The second-order valence-corrected chi connectivity index (χ2v) is 5.92. The Morgan fingerprint density at radius 3 is 2.71 bits per heavy atom. The van der Waals surface area contributed by atoms with E-state index in [1.165, 1.54) is 35.0 Å². The van der Waals surface area contributed by atoms with E-state index in [0.29, 0.717) is 5.69 Å². The van der Waals surface area contributed by atoms with E-state index in [2.05, 4.69) is 5.32 Å². The van der Waals surface area contributed by atoms with Crippen LogP contribution in [0.15, 0.2) is 53.7 Å². The number of amides is 1. The first kappa shape index (κ1) is 14.9. The van der Waals surface area contributed by atoms with Gasteiger partial charge in [-0.2, -0.15) is 4.57 Å². The summed E-state index contributed by atoms with van der Waals surface area (Å²) in [5, 5.41) is 16.9. The van der Waals surface area contributed by atoms with Crippen LogP contribution in [0.5, 0.6) is 5.75 Å². The summed E-state index contributed by atoms with van der Waals surface area (Å²) in [5.41, 5.74) is 0.326. The lowest BCUT2D eigenvalue weighted by Gasteiger charge is -2.05. The lowest BCUT2D eigenvalue weighted by Crippen LogP contribution is -2.39. The van der Waals surface area contributed by atoms with E-state index in [9.17, 15) is 18.3 Å². The molecule has 0 fully saturated rings. The monoisotopic (exact) mass is 308 g/mol. The zero-order valence-electron chi connectivity index (χ0n) is 10.9. The molecule has 0 aliphatic rings. The number of nitrogens with two attached hydrogens (primary N) is 1. The van der Waals surface area contributed by atoms with Crippen molar-refractivity contribution in [2.45, 2.75) is 11.4 Å². The van der Waals surface area contributed by atoms with Crippen LogP contribution >= 0.6 is 0 Å². The molecule has 1 aromatic heterocycles. The number of hydrogen-bond acceptors (Lipinski definition) is 4. The van der Waals surface area contributed by atoms with E-state index in [1.54, 1.807) is 18.3 Å². The fourth-order valence-electron chi connectivity index (χ4n) is 1.72. The van der Waals surface area contributed by atoms with Crippen LogP contribution in [0.2, 0.25) is 0 Å². The van der Waals surface area contributed by atoms with Gasteiger partial charge in [-0.3, -0.25) is 4.79 Å². The Labute approximate surface area is 121 Å². The van der Waals surface area contributed by atoms with E-state index in [4.69, 9.17) is 5.14 Å². The third-order valence-electron chi connectivity index (χ3n) is 2.62. The lowest BCUT2D eigenvalue weighted by molar-refractivity contribution is -0.684. The van der Waals surface area contributed by atoms with Gasteiger partial charge >= 0.3 is 0 Å². The number of hydrogen-bond donors (Lipinski definition) is 3. The first-order valence-electron chi connectivity index (χ1n) is 5.95. The Morgan fingerprint density at radius 2 is 2.05 bits per heavy atom. The number of benzene rings is 1. The van der Waals surface area contributed by atoms with Crippen LogP contribution in [0, 0.1) is 0 Å². The van der Waals surface area contributed by atoms with Gasteiger partial charge in [0.15, 0.2) is 11.9 Å². The molecule has 0 atom stereocenters. The summed E-state index contributed by atoms with van der Waals surface area (Å²) >= 11 is 0. The summed E-state index contributed by atoms with van der Waals surface area (Å²) in [6, 6.07) is 8.75. The molecule has 1 amide bonds. The van der Waals surface area contributed by atoms with Gasteiger partial charge in [0, 0.05) is 11.8 Å². The number of primary sulfonamides is 1. The van der Waals surface area contributed by atoms with Gasteiger partial charge in [0.05, 0.1) is 4.90 Å². The van der Waals surface area contributed by atoms with Gasteiger partial charge in [0.1, 0.15) is 0 Å². The molecule has 110 valence electrons. The number of pyridine rings is 1. The molecule has 1 heterocycles. The molecule has 0 spiro atoms. The van der Waals surface area contributed by atoms with E-state index in [1.807, 2.05) is 0 Å². The van der Waals surface area contributed by atoms with Gasteiger partial charge in [-0.25, -0.2) is 13.6 Å². The molecule has 7 nitrogen and oxygen atoms in total. The minimum Gasteiger partial charge on any atom is -0.503 e. The fourth-order valence-corrected chi connectivity index (χ4v) is 2.28. The average molecular weight is 308 g/mol. The molecule has 0 aliphatic heterocycles. The number of carbonyl (C=O) groups excluding carboxylic acids is 1. The first-order valence-corrected chi connectivity index (χ1v) is 7.50. The Bertz CT molecular complexity index is 774. The van der Waals surface area contributed by atoms with Crippen LogP contribution in [0.25, 0.3) is 0 Å². The summed E-state index contributed by atoms with van der Waals surface area (Å²) in [6.07, 6.45) is 3.03. The van der Waals surface area contributed by atoms with Crippen molar-refractivity contribution >= 4 is 21.6 Å². The number of rotatable bonds is 4. The summed E-state index contributed by atoms with van der Waals surface area (Å²) in [7, 11) is -3.82. The normalized spacial score (nSPS) is 11.1. The van der Waals surface area contributed by atoms with Gasteiger partial charge in [0.2, 0.25) is 22.8 Å². The summed E-state index contributed by atoms with van der Waals surface area (Å²) in [5.74, 6) is -0.321. The SMILES string of the molecule is NS(=O)(=O)c1cccc(NC(=O)C[n+]2cccc(O)c2)c1. The highest BCUT2D eigenvalue weighted by Gasteiger charge is 2.12. The topological polar surface area (TPSA) is 113 Å². The molecule has 0 bridgehead atoms. The smallest absolute Gasteiger partial charge is 0.290 e. The number of carbonyl (C=O) groups is 1. The van der Waals surface area contributed by atoms with Crippen molar-refractivity contribution in [2.24, 2.45) is 5.14 Å². The van der Waals surface area contributed by atoms with Crippen molar-refractivity contribution in [1.29, 1.82) is 0 Å². The minimum absolute atomic E-state index is 0.0198. The Kier molecular flexibility index (Phi) is 4.20. The number of sulfonamides is 1. The van der Waals surface area contributed by atoms with Crippen LogP contribution in [0.4, 0.5) is 5.69 Å². The highest BCUT2D eigenvalue weighted by molar-refractivity contribution is 7.89. The highest BCUT2D eigenvalue weighted by atomic mass is 32.2. The number of aromatic nitrogens is 1. The Hall–Kier alpha value is -2.45. The van der Waals surface area contributed by atoms with Gasteiger partial charge < -0.3 is 10.4 Å². The van der Waals surface area contributed by atoms with Crippen LogP contribution in [-0.2, 0) is 21.4 Å². The molecule has 0 aliphatic carbocycles. The molecule has 0 saturated heterocycles. The first-order chi connectivity index (χ1) is 9.84. The minimum atomic E-state index is -3.82. The predicted octanol–water partition coefficient (Wildman–Crippen LogP) is -0.0342. The second kappa shape index (κ2) is 5.90. The van der Waals surface area contributed by atoms with Gasteiger partial charge in [-0.05, 0) is 24.3 Å². The van der Waals surface area contributed by atoms with Crippen LogP contribution in [-0.4, -0.2) is 19.4 Å². The molecule has 0 saturated carbocycles. The van der Waals surface area contributed by atoms with Gasteiger partial charge in [-0.1, -0.05) is 6.07 Å². The zero-order valence-corrected chi connectivity index (χ0v) is 11.7. The molecule has 21 heavy (non-hydrogen) atoms. The predicted molar refractivity (Wildman–Crippen MR) is 74.7 cm³/mol. The Morgan fingerprint density at radius 1 is 1.29 bits per heavy atom. The second-order valence-electron chi connectivity index (χ2n) is 4.36. The van der Waals surface area contributed by atoms with Crippen molar-refractivity contribution in [1.82, 2.24) is 0 Å².